The summed E-state index contributed by atoms with van der Waals surface area (Å²) in [6.07, 6.45) is 0.753. The molecule has 4 nitrogen and oxygen atoms in total. The zero-order valence-electron chi connectivity index (χ0n) is 7.04. The van der Waals surface area contributed by atoms with E-state index in [0.717, 1.165) is 0 Å². The molecule has 0 bridgehead atoms. The fourth-order valence-corrected chi connectivity index (χ4v) is 1.14. The van der Waals surface area contributed by atoms with E-state index in [1.54, 1.807) is 6.92 Å². The first kappa shape index (κ1) is 9.03. The van der Waals surface area contributed by atoms with Crippen molar-refractivity contribution >= 4 is 11.9 Å². The second-order valence-corrected chi connectivity index (χ2v) is 2.66. The van der Waals surface area contributed by atoms with Crippen LogP contribution in [0, 0.1) is 5.92 Å². The topological polar surface area (TPSA) is 52.6 Å². The second-order valence-electron chi connectivity index (χ2n) is 2.66. The van der Waals surface area contributed by atoms with Crippen molar-refractivity contribution in [1.82, 2.24) is 0 Å². The molecule has 1 aliphatic rings. The lowest BCUT2D eigenvalue weighted by atomic mass is 10.0. The summed E-state index contributed by atoms with van der Waals surface area (Å²) in [6.45, 7) is 2.45. The van der Waals surface area contributed by atoms with Crippen LogP contribution in [0.1, 0.15) is 19.8 Å². The molecule has 0 saturated carbocycles. The average Bonchev–Trinajstić information content (AvgIpc) is 2.05. The van der Waals surface area contributed by atoms with E-state index in [1.165, 1.54) is 0 Å². The first-order valence-electron chi connectivity index (χ1n) is 4.06. The minimum Gasteiger partial charge on any atom is -0.466 e. The highest BCUT2D eigenvalue weighted by Crippen LogP contribution is 2.16. The van der Waals surface area contributed by atoms with Crippen molar-refractivity contribution in [2.24, 2.45) is 5.92 Å². The summed E-state index contributed by atoms with van der Waals surface area (Å²) < 4.78 is 9.47. The Labute approximate surface area is 70.8 Å². The van der Waals surface area contributed by atoms with Crippen LogP contribution in [0.4, 0.5) is 0 Å². The van der Waals surface area contributed by atoms with E-state index in [9.17, 15) is 9.59 Å². The lowest BCUT2D eigenvalue weighted by molar-refractivity contribution is -0.160. The first-order valence-corrected chi connectivity index (χ1v) is 4.06. The Morgan fingerprint density at radius 3 is 3.08 bits per heavy atom. The van der Waals surface area contributed by atoms with Gasteiger partial charge in [0.25, 0.3) is 0 Å². The van der Waals surface area contributed by atoms with Crippen molar-refractivity contribution in [3.63, 3.8) is 0 Å². The van der Waals surface area contributed by atoms with Crippen molar-refractivity contribution in [2.45, 2.75) is 19.8 Å². The molecule has 0 N–H and O–H groups in total. The maximum Gasteiger partial charge on any atom is 0.309 e. The van der Waals surface area contributed by atoms with Gasteiger partial charge in [0.05, 0.1) is 25.6 Å². The standard InChI is InChI=1S/C8H12O4/c1-2-11-8(10)6-3-4-12-7(9)5-6/h6H,2-5H2,1H3. The molecule has 12 heavy (non-hydrogen) atoms. The fourth-order valence-electron chi connectivity index (χ4n) is 1.14. The Morgan fingerprint density at radius 1 is 1.75 bits per heavy atom. The molecule has 0 aromatic heterocycles. The molecule has 0 aromatic carbocycles. The van der Waals surface area contributed by atoms with Crippen molar-refractivity contribution in [2.75, 3.05) is 13.2 Å². The van der Waals surface area contributed by atoms with Crippen LogP contribution in [-0.4, -0.2) is 25.2 Å². The highest BCUT2D eigenvalue weighted by atomic mass is 16.5. The largest absolute Gasteiger partial charge is 0.466 e. The van der Waals surface area contributed by atoms with Crippen LogP contribution in [-0.2, 0) is 19.1 Å². The van der Waals surface area contributed by atoms with Gasteiger partial charge in [-0.1, -0.05) is 0 Å². The SMILES string of the molecule is CCOC(=O)C1CCOC(=O)C1. The number of carbonyl (C=O) groups excluding carboxylic acids is 2. The number of ether oxygens (including phenoxy) is 2. The molecular weight excluding hydrogens is 160 g/mol. The van der Waals surface area contributed by atoms with Gasteiger partial charge < -0.3 is 9.47 Å². The number of hydrogen-bond acceptors (Lipinski definition) is 4. The third kappa shape index (κ3) is 2.22. The molecule has 1 unspecified atom stereocenters. The molecule has 1 fully saturated rings. The normalized spacial score (nSPS) is 23.1. The molecule has 1 heterocycles. The van der Waals surface area contributed by atoms with Crippen LogP contribution < -0.4 is 0 Å². The van der Waals surface area contributed by atoms with Gasteiger partial charge in [-0.05, 0) is 13.3 Å². The van der Waals surface area contributed by atoms with Crippen LogP contribution in [0.5, 0.6) is 0 Å². The van der Waals surface area contributed by atoms with E-state index in [0.29, 0.717) is 19.6 Å². The van der Waals surface area contributed by atoms with Crippen molar-refractivity contribution in [3.8, 4) is 0 Å². The zero-order chi connectivity index (χ0) is 8.97. The first-order chi connectivity index (χ1) is 5.74. The van der Waals surface area contributed by atoms with Gasteiger partial charge in [-0.25, -0.2) is 0 Å². The third-order valence-electron chi connectivity index (χ3n) is 1.76. The molecule has 0 amide bonds. The van der Waals surface area contributed by atoms with Crippen molar-refractivity contribution in [1.29, 1.82) is 0 Å². The van der Waals surface area contributed by atoms with E-state index in [1.807, 2.05) is 0 Å². The molecule has 4 heteroatoms. The summed E-state index contributed by atoms with van der Waals surface area (Å²) in [5, 5.41) is 0. The molecular formula is C8H12O4. The van der Waals surface area contributed by atoms with E-state index in [-0.39, 0.29) is 24.3 Å². The van der Waals surface area contributed by atoms with E-state index < -0.39 is 0 Å². The Kier molecular flexibility index (Phi) is 3.08. The molecule has 1 rings (SSSR count). The molecule has 0 aliphatic carbocycles. The molecule has 0 aromatic rings. The molecule has 1 atom stereocenters. The molecule has 1 aliphatic heterocycles. The summed E-state index contributed by atoms with van der Waals surface area (Å²) in [5.74, 6) is -0.875. The Morgan fingerprint density at radius 2 is 2.50 bits per heavy atom. The van der Waals surface area contributed by atoms with Gasteiger partial charge in [-0.15, -0.1) is 0 Å². The van der Waals surface area contributed by atoms with E-state index >= 15 is 0 Å². The van der Waals surface area contributed by atoms with Gasteiger partial charge in [-0.2, -0.15) is 0 Å². The van der Waals surface area contributed by atoms with Crippen molar-refractivity contribution < 1.29 is 19.1 Å². The summed E-state index contributed by atoms with van der Waals surface area (Å²) in [6, 6.07) is 0. The maximum absolute atomic E-state index is 11.1. The average molecular weight is 172 g/mol. The van der Waals surface area contributed by atoms with Crippen molar-refractivity contribution in [3.05, 3.63) is 0 Å². The summed E-state index contributed by atoms with van der Waals surface area (Å²) in [7, 11) is 0. The van der Waals surface area contributed by atoms with Gasteiger partial charge in [0.1, 0.15) is 0 Å². The quantitative estimate of drug-likeness (QED) is 0.569. The molecule has 0 spiro atoms. The predicted molar refractivity (Wildman–Crippen MR) is 40.3 cm³/mol. The summed E-state index contributed by atoms with van der Waals surface area (Å²) in [5.41, 5.74) is 0. The molecule has 0 radical (unpaired) electrons. The van der Waals surface area contributed by atoms with E-state index in [4.69, 9.17) is 4.74 Å². The van der Waals surface area contributed by atoms with Gasteiger partial charge in [0.15, 0.2) is 0 Å². The van der Waals surface area contributed by atoms with Crippen LogP contribution >= 0.6 is 0 Å². The van der Waals surface area contributed by atoms with Gasteiger partial charge in [-0.3, -0.25) is 9.59 Å². The number of hydrogen-bond donors (Lipinski definition) is 0. The number of cyclic esters (lactones) is 1. The predicted octanol–water partition coefficient (Wildman–Crippen LogP) is 0.503. The molecule has 1 saturated heterocycles. The summed E-state index contributed by atoms with van der Waals surface area (Å²) in [4.78, 5) is 21.9. The van der Waals surface area contributed by atoms with Gasteiger partial charge in [0, 0.05) is 0 Å². The zero-order valence-corrected chi connectivity index (χ0v) is 7.04. The number of rotatable bonds is 2. The van der Waals surface area contributed by atoms with Crippen LogP contribution in [0.3, 0.4) is 0 Å². The number of carbonyl (C=O) groups is 2. The van der Waals surface area contributed by atoms with Gasteiger partial charge in [0.2, 0.25) is 0 Å². The van der Waals surface area contributed by atoms with Gasteiger partial charge >= 0.3 is 11.9 Å². The monoisotopic (exact) mass is 172 g/mol. The Hall–Kier alpha value is -1.06. The van der Waals surface area contributed by atoms with E-state index in [2.05, 4.69) is 4.74 Å². The molecule has 68 valence electrons. The fraction of sp³-hybridized carbons (Fsp3) is 0.750. The maximum atomic E-state index is 11.1. The van der Waals surface area contributed by atoms with Crippen LogP contribution in [0.15, 0.2) is 0 Å². The third-order valence-corrected chi connectivity index (χ3v) is 1.76. The highest BCUT2D eigenvalue weighted by Gasteiger charge is 2.27. The number of esters is 2. The smallest absolute Gasteiger partial charge is 0.309 e. The van der Waals surface area contributed by atoms with Crippen LogP contribution in [0.2, 0.25) is 0 Å². The van der Waals surface area contributed by atoms with Crippen LogP contribution in [0.25, 0.3) is 0 Å². The lowest BCUT2D eigenvalue weighted by Crippen LogP contribution is -2.28. The minimum absolute atomic E-state index is 0.166. The summed E-state index contributed by atoms with van der Waals surface area (Å²) >= 11 is 0. The minimum atomic E-state index is -0.306. The lowest BCUT2D eigenvalue weighted by Gasteiger charge is -2.19. The second kappa shape index (κ2) is 4.09. The Balaban J connectivity index is 2.40. The highest BCUT2D eigenvalue weighted by molar-refractivity contribution is 5.80. The Bertz CT molecular complexity index is 187.